The van der Waals surface area contributed by atoms with Gasteiger partial charge in [-0.05, 0) is 48.0 Å². The highest BCUT2D eigenvalue weighted by molar-refractivity contribution is 5.91. The maximum Gasteiger partial charge on any atom is 0.416 e. The van der Waals surface area contributed by atoms with Gasteiger partial charge in [-0.25, -0.2) is 4.79 Å². The van der Waals surface area contributed by atoms with Gasteiger partial charge in [0.15, 0.2) is 0 Å². The number of benzene rings is 2. The first-order valence-corrected chi connectivity index (χ1v) is 7.18. The van der Waals surface area contributed by atoms with Crippen LogP contribution >= 0.6 is 0 Å². The van der Waals surface area contributed by atoms with Crippen molar-refractivity contribution in [2.24, 2.45) is 0 Å². The molecule has 0 bridgehead atoms. The Morgan fingerprint density at radius 1 is 1.04 bits per heavy atom. The highest BCUT2D eigenvalue weighted by Gasteiger charge is 2.30. The van der Waals surface area contributed by atoms with E-state index in [0.717, 1.165) is 35.9 Å². The first-order chi connectivity index (χ1) is 11.8. The highest BCUT2D eigenvalue weighted by Crippen LogP contribution is 2.30. The van der Waals surface area contributed by atoms with Gasteiger partial charge >= 0.3 is 12.1 Å². The summed E-state index contributed by atoms with van der Waals surface area (Å²) in [6, 6.07) is 10.1. The van der Waals surface area contributed by atoms with Crippen LogP contribution in [-0.4, -0.2) is 11.9 Å². The summed E-state index contributed by atoms with van der Waals surface area (Å²) in [5, 5.41) is 2.59. The van der Waals surface area contributed by atoms with E-state index in [4.69, 9.17) is 4.74 Å². The molecule has 0 aromatic heterocycles. The van der Waals surface area contributed by atoms with Crippen molar-refractivity contribution in [2.75, 3.05) is 0 Å². The lowest BCUT2D eigenvalue weighted by molar-refractivity contribution is -0.137. The zero-order chi connectivity index (χ0) is 18.4. The molecular weight excluding hydrogens is 335 g/mol. The second-order valence-electron chi connectivity index (χ2n) is 5.03. The Labute approximate surface area is 141 Å². The van der Waals surface area contributed by atoms with E-state index >= 15 is 0 Å². The largest absolute Gasteiger partial charge is 0.423 e. The molecule has 0 spiro atoms. The van der Waals surface area contributed by atoms with Gasteiger partial charge in [-0.2, -0.15) is 13.2 Å². The normalized spacial score (nSPS) is 10.8. The minimum Gasteiger partial charge on any atom is -0.423 e. The maximum atomic E-state index is 12.5. The SMILES string of the molecule is C=CC(=O)NCc1ccc(C(=O)Oc2ccc(C(F)(F)F)cc2)cc1. The second kappa shape index (κ2) is 7.65. The van der Waals surface area contributed by atoms with Crippen LogP contribution in [0.1, 0.15) is 21.5 Å². The Morgan fingerprint density at radius 2 is 1.64 bits per heavy atom. The minimum atomic E-state index is -4.45. The van der Waals surface area contributed by atoms with Crippen molar-refractivity contribution in [1.82, 2.24) is 5.32 Å². The summed E-state index contributed by atoms with van der Waals surface area (Å²) in [6.45, 7) is 3.61. The van der Waals surface area contributed by atoms with E-state index in [1.54, 1.807) is 12.1 Å². The molecule has 25 heavy (non-hydrogen) atoms. The number of alkyl halides is 3. The first kappa shape index (κ1) is 18.3. The molecule has 1 amide bonds. The zero-order valence-electron chi connectivity index (χ0n) is 13.0. The average molecular weight is 349 g/mol. The van der Waals surface area contributed by atoms with Crippen LogP contribution in [0.5, 0.6) is 5.75 Å². The number of hydrogen-bond donors (Lipinski definition) is 1. The van der Waals surface area contributed by atoms with E-state index in [1.807, 2.05) is 0 Å². The van der Waals surface area contributed by atoms with Crippen molar-refractivity contribution in [1.29, 1.82) is 0 Å². The van der Waals surface area contributed by atoms with Crippen LogP contribution in [0.2, 0.25) is 0 Å². The van der Waals surface area contributed by atoms with Gasteiger partial charge in [-0.1, -0.05) is 18.7 Å². The molecule has 4 nitrogen and oxygen atoms in total. The number of hydrogen-bond acceptors (Lipinski definition) is 3. The summed E-state index contributed by atoms with van der Waals surface area (Å²) in [7, 11) is 0. The molecule has 0 aliphatic carbocycles. The monoisotopic (exact) mass is 349 g/mol. The van der Waals surface area contributed by atoms with Gasteiger partial charge in [0.2, 0.25) is 5.91 Å². The van der Waals surface area contributed by atoms with Crippen molar-refractivity contribution < 1.29 is 27.5 Å². The average Bonchev–Trinajstić information content (AvgIpc) is 2.59. The highest BCUT2D eigenvalue weighted by atomic mass is 19.4. The number of halogens is 3. The topological polar surface area (TPSA) is 55.4 Å². The molecule has 0 fully saturated rings. The Morgan fingerprint density at radius 3 is 2.16 bits per heavy atom. The number of ether oxygens (including phenoxy) is 1. The fourth-order valence-electron chi connectivity index (χ4n) is 1.90. The molecule has 2 aromatic rings. The van der Waals surface area contributed by atoms with Gasteiger partial charge in [0.25, 0.3) is 0 Å². The lowest BCUT2D eigenvalue weighted by atomic mass is 10.1. The Kier molecular flexibility index (Phi) is 5.59. The molecule has 0 saturated carbocycles. The number of amides is 1. The second-order valence-corrected chi connectivity index (χ2v) is 5.03. The van der Waals surface area contributed by atoms with Gasteiger partial charge < -0.3 is 10.1 Å². The van der Waals surface area contributed by atoms with Crippen LogP contribution < -0.4 is 10.1 Å². The van der Waals surface area contributed by atoms with Crippen LogP contribution in [0.15, 0.2) is 61.2 Å². The predicted octanol–water partition coefficient (Wildman–Crippen LogP) is 3.73. The van der Waals surface area contributed by atoms with Crippen molar-refractivity contribution in [3.8, 4) is 5.75 Å². The molecule has 0 aliphatic rings. The maximum absolute atomic E-state index is 12.5. The quantitative estimate of drug-likeness (QED) is 0.508. The van der Waals surface area contributed by atoms with E-state index in [1.165, 1.54) is 12.1 Å². The molecule has 0 saturated heterocycles. The predicted molar refractivity (Wildman–Crippen MR) is 84.9 cm³/mol. The summed E-state index contributed by atoms with van der Waals surface area (Å²) in [5.41, 5.74) is 0.179. The van der Waals surface area contributed by atoms with Gasteiger partial charge in [-0.3, -0.25) is 4.79 Å². The molecule has 0 heterocycles. The molecule has 0 unspecified atom stereocenters. The van der Waals surface area contributed by atoms with E-state index < -0.39 is 17.7 Å². The number of rotatable bonds is 5. The van der Waals surface area contributed by atoms with E-state index in [9.17, 15) is 22.8 Å². The van der Waals surface area contributed by atoms with Crippen LogP contribution in [0, 0.1) is 0 Å². The van der Waals surface area contributed by atoms with Gasteiger partial charge in [0, 0.05) is 6.54 Å². The fraction of sp³-hybridized carbons (Fsp3) is 0.111. The van der Waals surface area contributed by atoms with Gasteiger partial charge in [-0.15, -0.1) is 0 Å². The molecule has 130 valence electrons. The molecular formula is C18H14F3NO3. The fourth-order valence-corrected chi connectivity index (χ4v) is 1.90. The van der Waals surface area contributed by atoms with Crippen LogP contribution in [-0.2, 0) is 17.5 Å². The molecule has 2 rings (SSSR count). The molecule has 0 atom stereocenters. The minimum absolute atomic E-state index is 0.0142. The van der Waals surface area contributed by atoms with Gasteiger partial charge in [0.1, 0.15) is 5.75 Å². The van der Waals surface area contributed by atoms with E-state index in [0.29, 0.717) is 0 Å². The lowest BCUT2D eigenvalue weighted by Gasteiger charge is -2.08. The Balaban J connectivity index is 1.98. The molecule has 0 aliphatic heterocycles. The van der Waals surface area contributed by atoms with Crippen molar-refractivity contribution in [3.05, 3.63) is 77.9 Å². The number of esters is 1. The summed E-state index contributed by atoms with van der Waals surface area (Å²) in [5.74, 6) is -0.993. The molecule has 1 N–H and O–H groups in total. The summed E-state index contributed by atoms with van der Waals surface area (Å²) in [4.78, 5) is 23.1. The van der Waals surface area contributed by atoms with Gasteiger partial charge in [0.05, 0.1) is 11.1 Å². The van der Waals surface area contributed by atoms with Crippen molar-refractivity contribution in [2.45, 2.75) is 12.7 Å². The van der Waals surface area contributed by atoms with Crippen LogP contribution in [0.25, 0.3) is 0 Å². The third-order valence-electron chi connectivity index (χ3n) is 3.23. The Hall–Kier alpha value is -3.09. The van der Waals surface area contributed by atoms with Crippen LogP contribution in [0.4, 0.5) is 13.2 Å². The first-order valence-electron chi connectivity index (χ1n) is 7.18. The molecule has 7 heteroatoms. The summed E-state index contributed by atoms with van der Waals surface area (Å²) in [6.07, 6.45) is -3.30. The standard InChI is InChI=1S/C18H14F3NO3/c1-2-16(23)22-11-12-3-5-13(6-4-12)17(24)25-15-9-7-14(8-10-15)18(19,20)21/h2-10H,1,11H2,(H,22,23). The Bertz CT molecular complexity index is 766. The van der Waals surface area contributed by atoms with Crippen LogP contribution in [0.3, 0.4) is 0 Å². The van der Waals surface area contributed by atoms with Crippen molar-refractivity contribution in [3.63, 3.8) is 0 Å². The smallest absolute Gasteiger partial charge is 0.416 e. The zero-order valence-corrected chi connectivity index (χ0v) is 13.0. The summed E-state index contributed by atoms with van der Waals surface area (Å²) < 4.78 is 42.5. The van der Waals surface area contributed by atoms with E-state index in [-0.39, 0.29) is 23.8 Å². The molecule has 2 aromatic carbocycles. The third-order valence-corrected chi connectivity index (χ3v) is 3.23. The number of nitrogens with one attached hydrogen (secondary N) is 1. The molecule has 0 radical (unpaired) electrons. The van der Waals surface area contributed by atoms with E-state index in [2.05, 4.69) is 11.9 Å². The third kappa shape index (κ3) is 5.20. The summed E-state index contributed by atoms with van der Waals surface area (Å²) >= 11 is 0. The number of carbonyl (C=O) groups is 2. The number of carbonyl (C=O) groups excluding carboxylic acids is 2. The van der Waals surface area contributed by atoms with Crippen molar-refractivity contribution >= 4 is 11.9 Å². The lowest BCUT2D eigenvalue weighted by Crippen LogP contribution is -2.20.